The van der Waals surface area contributed by atoms with E-state index in [9.17, 15) is 0 Å². The van der Waals surface area contributed by atoms with Gasteiger partial charge in [-0.25, -0.2) is 0 Å². The number of rotatable bonds is 0. The predicted octanol–water partition coefficient (Wildman–Crippen LogP) is 0.196. The van der Waals surface area contributed by atoms with Crippen molar-refractivity contribution in [3.05, 3.63) is 0 Å². The molecule has 0 amide bonds. The van der Waals surface area contributed by atoms with Crippen molar-refractivity contribution in [2.75, 3.05) is 0 Å². The summed E-state index contributed by atoms with van der Waals surface area (Å²) in [5.74, 6) is 0. The number of nitrogens with zero attached hydrogens (tertiary/aromatic N) is 12. The van der Waals surface area contributed by atoms with Crippen molar-refractivity contribution >= 4 is 0 Å². The summed E-state index contributed by atoms with van der Waals surface area (Å²) in [4.78, 5) is 12.4. The Kier molecular flexibility index (Phi) is 4.67. The zero-order valence-corrected chi connectivity index (χ0v) is 14.3. The van der Waals surface area contributed by atoms with E-state index >= 15 is 0 Å². The van der Waals surface area contributed by atoms with Crippen molar-refractivity contribution in [1.82, 2.24) is 0 Å². The van der Waals surface area contributed by atoms with Gasteiger partial charge in [0, 0.05) is 0 Å². The molecule has 12 nitrogen and oxygen atoms in total. The zero-order valence-electron chi connectivity index (χ0n) is 12.1. The van der Waals surface area contributed by atoms with Crippen LogP contribution < -0.4 is 0 Å². The maximum absolute atomic E-state index is 8.58. The first-order valence-electron chi connectivity index (χ1n) is 4.80. The molecular weight excluding hydrogens is 424 g/mol. The Morgan fingerprint density at radius 3 is 0.308 bits per heavy atom. The van der Waals surface area contributed by atoms with Gasteiger partial charge in [-0.2, -0.15) is 0 Å². The molecule has 0 aliphatic heterocycles. The number of hydrogen-bond donors (Lipinski definition) is 0. The predicted molar refractivity (Wildman–Crippen MR) is 67.4 cm³/mol. The summed E-state index contributed by atoms with van der Waals surface area (Å²) >= 11 is 0. The molecule has 0 rings (SSSR count). The fourth-order valence-electron chi connectivity index (χ4n) is 0.530. The number of hydrogen-bond acceptors (Lipinski definition) is 12. The average molecular weight is 424 g/mol. The third-order valence-electron chi connectivity index (χ3n) is 2.37. The molecule has 0 fully saturated rings. The molecule has 26 heavy (non-hydrogen) atoms. The molecule has 0 unspecified atom stereocenters. The molecule has 0 spiro atoms. The van der Waals surface area contributed by atoms with Crippen LogP contribution in [0, 0.1) is 123 Å². The van der Waals surface area contributed by atoms with Crippen molar-refractivity contribution in [3.63, 3.8) is 0 Å². The van der Waals surface area contributed by atoms with Gasteiger partial charge in [0.2, 0.25) is 0 Å². The van der Waals surface area contributed by atoms with E-state index in [1.807, 2.05) is 0 Å². The van der Waals surface area contributed by atoms with E-state index in [-0.39, 0.29) is 0 Å². The Labute approximate surface area is 144 Å². The summed E-state index contributed by atoms with van der Waals surface area (Å²) in [6, 6.07) is 0. The van der Waals surface area contributed by atoms with Crippen molar-refractivity contribution in [2.24, 2.45) is 0 Å². The molecule has 0 aliphatic rings. The van der Waals surface area contributed by atoms with Crippen LogP contribution in [0.3, 0.4) is 0 Å². The van der Waals surface area contributed by atoms with Gasteiger partial charge in [-0.1, -0.05) is 0 Å². The Hall–Kier alpha value is -5.08. The molecule has 0 saturated heterocycles. The van der Waals surface area contributed by atoms with Gasteiger partial charge < -0.3 is 0 Å². The normalized spacial score (nSPS) is 13.4. The van der Waals surface area contributed by atoms with Gasteiger partial charge in [0.05, 0.1) is 0 Å². The summed E-state index contributed by atoms with van der Waals surface area (Å²) in [7, 11) is -12.3. The fourth-order valence-corrected chi connectivity index (χ4v) is 2.19. The van der Waals surface area contributed by atoms with E-state index in [0.29, 0.717) is 0 Å². The van der Waals surface area contributed by atoms with Crippen LogP contribution in [-0.2, 0) is 21.5 Å². The van der Waals surface area contributed by atoms with Gasteiger partial charge in [0.25, 0.3) is 0 Å². The van der Waals surface area contributed by atoms with Crippen LogP contribution in [0.4, 0.5) is 0 Å². The summed E-state index contributed by atoms with van der Waals surface area (Å²) in [6.07, 6.45) is 0. The molecule has 0 saturated carbocycles. The molecule has 0 atom stereocenters. The second kappa shape index (κ2) is 5.23. The van der Waals surface area contributed by atoms with Crippen LogP contribution in [0.15, 0.2) is 0 Å². The van der Waals surface area contributed by atoms with Crippen LogP contribution in [0.1, 0.15) is 0 Å². The second-order valence-electron chi connectivity index (χ2n) is 3.60. The van der Waals surface area contributed by atoms with Gasteiger partial charge in [0.1, 0.15) is 0 Å². The molecule has 0 bridgehead atoms. The molecule has 0 N–H and O–H groups in total. The van der Waals surface area contributed by atoms with Crippen LogP contribution in [0.2, 0.25) is 0 Å². The van der Waals surface area contributed by atoms with Crippen LogP contribution >= 0.6 is 0 Å². The Morgan fingerprint density at radius 2 is 0.308 bits per heavy atom. The van der Waals surface area contributed by atoms with Crippen molar-refractivity contribution in [2.45, 2.75) is 0 Å². The van der Waals surface area contributed by atoms with Gasteiger partial charge in [-0.15, -0.1) is 0 Å². The Balaban J connectivity index is 0. The van der Waals surface area contributed by atoms with E-state index in [1.165, 1.54) is 0 Å². The van der Waals surface area contributed by atoms with E-state index in [2.05, 4.69) is 0 Å². The molecule has 124 valence electrons. The molecule has 0 radical (unpaired) electrons. The topological polar surface area (TPSA) is 285 Å². The Morgan fingerprint density at radius 1 is 0.231 bits per heavy atom. The summed E-state index contributed by atoms with van der Waals surface area (Å²) in [6.45, 7) is 0. The second-order valence-corrected chi connectivity index (χ2v) is 14.8. The van der Waals surface area contributed by atoms with Crippen molar-refractivity contribution in [1.29, 1.82) is 63.1 Å². The van der Waals surface area contributed by atoms with Crippen molar-refractivity contribution in [3.8, 4) is 59.6 Å². The van der Waals surface area contributed by atoms with E-state index < -0.39 is 21.5 Å². The van der Waals surface area contributed by atoms with Crippen LogP contribution in [0.25, 0.3) is 0 Å². The zero-order chi connectivity index (χ0) is 21.3. The standard InChI is InChI=1S/12CN.2Fe/c12*1-2;;. The van der Waals surface area contributed by atoms with Crippen LogP contribution in [0.5, 0.6) is 0 Å². The minimum absolute atomic E-state index is 1.03. The van der Waals surface area contributed by atoms with Gasteiger partial charge in [-0.3, -0.25) is 0 Å². The molecule has 0 aliphatic carbocycles. The summed E-state index contributed by atoms with van der Waals surface area (Å²) in [5, 5.41) is 103. The minimum atomic E-state index is -6.17. The van der Waals surface area contributed by atoms with Crippen LogP contribution in [-0.4, -0.2) is 0 Å². The fraction of sp³-hybridized carbons (Fsp3) is 0. The summed E-state index contributed by atoms with van der Waals surface area (Å²) in [5.41, 5.74) is 0. The quantitative estimate of drug-likeness (QED) is 0.471. The first kappa shape index (κ1) is 23.2. The molecule has 14 heteroatoms. The molecule has 0 heterocycles. The van der Waals surface area contributed by atoms with E-state index in [1.54, 1.807) is 0 Å². The molecular formula is C12Fe2N12. The van der Waals surface area contributed by atoms with Gasteiger partial charge in [0.15, 0.2) is 0 Å². The summed E-state index contributed by atoms with van der Waals surface area (Å²) < 4.78 is 0. The van der Waals surface area contributed by atoms with Gasteiger partial charge >= 0.3 is 144 Å². The maximum atomic E-state index is 8.58. The van der Waals surface area contributed by atoms with Crippen molar-refractivity contribution < 1.29 is 21.5 Å². The van der Waals surface area contributed by atoms with E-state index in [0.717, 1.165) is 59.6 Å². The third kappa shape index (κ3) is 2.01. The van der Waals surface area contributed by atoms with Gasteiger partial charge in [-0.05, 0) is 0 Å². The average Bonchev–Trinajstić information content (AvgIpc) is 2.77. The first-order chi connectivity index (χ1) is 11.9. The molecule has 0 aromatic carbocycles. The Bertz CT molecular complexity index is 876. The first-order valence-corrected chi connectivity index (χ1v) is 11.4. The molecule has 0 aromatic heterocycles. The third-order valence-corrected chi connectivity index (χ3v) is 9.78. The number of nitriles is 12. The SMILES string of the molecule is N#[C][Fe]([C]#N)([C]#N)([C]#N)([C]#N)[C]#N.N#[C][Fe]([C]#N)([C]#N)([C]#N)([C]#N)[C]#N. The molecule has 0 aromatic rings. The van der Waals surface area contributed by atoms with E-state index in [4.69, 9.17) is 63.1 Å². The monoisotopic (exact) mass is 424 g/mol.